The molecule has 0 saturated carbocycles. The van der Waals surface area contributed by atoms with Crippen LogP contribution in [0.1, 0.15) is 117 Å². The summed E-state index contributed by atoms with van der Waals surface area (Å²) in [6.07, 6.45) is 8.59. The summed E-state index contributed by atoms with van der Waals surface area (Å²) in [6, 6.07) is 90.3. The lowest BCUT2D eigenvalue weighted by molar-refractivity contribution is 0.223. The van der Waals surface area contributed by atoms with Crippen molar-refractivity contribution in [2.45, 2.75) is 86.0 Å². The molecule has 6 nitrogen and oxygen atoms in total. The molecule has 91 heavy (non-hydrogen) atoms. The number of rotatable bonds is 29. The Bertz CT molecular complexity index is 3390. The number of likely N-dealkylation sites (N-methyl/N-ethyl adjacent to an activating group) is 2. The molecule has 0 N–H and O–H groups in total. The van der Waals surface area contributed by atoms with E-state index in [1.807, 2.05) is 0 Å². The van der Waals surface area contributed by atoms with Gasteiger partial charge in [0.2, 0.25) is 0 Å². The second kappa shape index (κ2) is 38.2. The van der Waals surface area contributed by atoms with E-state index in [4.69, 9.17) is 14.2 Å². The zero-order chi connectivity index (χ0) is 63.7. The number of ether oxygens (including phenoxy) is 3. The van der Waals surface area contributed by atoms with E-state index in [9.17, 15) is 0 Å². The van der Waals surface area contributed by atoms with Crippen LogP contribution in [0.4, 0.5) is 0 Å². The van der Waals surface area contributed by atoms with Gasteiger partial charge in [0, 0.05) is 19.6 Å². The first-order valence-corrected chi connectivity index (χ1v) is 33.5. The van der Waals surface area contributed by atoms with E-state index in [1.54, 1.807) is 0 Å². The minimum absolute atomic E-state index is 0.696. The van der Waals surface area contributed by atoms with Crippen LogP contribution in [0.2, 0.25) is 0 Å². The van der Waals surface area contributed by atoms with Gasteiger partial charge in [0.1, 0.15) is 37.1 Å². The SMILES string of the molecule is CCC(Cc1ccccc1)=C(c1ccccc1)c1ccc(OCCN(C)C)cc1.CCC(Cc1ccccc1)=C(c1ccccc1)c1ccc(OCCN(CC)CC)cc1.CCC(Cc1ccccc1)=C(c1ccccc1)c1ccc(OCCN2CCCC2)cc1. The summed E-state index contributed by atoms with van der Waals surface area (Å²) < 4.78 is 17.9. The van der Waals surface area contributed by atoms with Gasteiger partial charge in [-0.1, -0.05) is 270 Å². The van der Waals surface area contributed by atoms with Crippen LogP contribution in [-0.4, -0.2) is 94.4 Å². The molecule has 0 aromatic heterocycles. The van der Waals surface area contributed by atoms with Crippen molar-refractivity contribution < 1.29 is 14.2 Å². The summed E-state index contributed by atoms with van der Waals surface area (Å²) in [5, 5.41) is 0. The predicted octanol–water partition coefficient (Wildman–Crippen LogP) is 19.6. The van der Waals surface area contributed by atoms with Crippen LogP contribution >= 0.6 is 0 Å². The highest BCUT2D eigenvalue weighted by molar-refractivity contribution is 5.84. The number of likely N-dealkylation sites (tertiary alicyclic amines) is 1. The number of allylic oxidation sites excluding steroid dienone is 3. The highest BCUT2D eigenvalue weighted by Crippen LogP contribution is 2.35. The quantitative estimate of drug-likeness (QED) is 0.0465. The molecule has 1 fully saturated rings. The lowest BCUT2D eigenvalue weighted by Gasteiger charge is -2.19. The van der Waals surface area contributed by atoms with Crippen molar-refractivity contribution in [2.75, 3.05) is 79.7 Å². The molecule has 472 valence electrons. The van der Waals surface area contributed by atoms with Crippen LogP contribution in [0.15, 0.2) is 272 Å². The molecule has 1 heterocycles. The van der Waals surface area contributed by atoms with Gasteiger partial charge in [0.25, 0.3) is 0 Å². The third-order valence-corrected chi connectivity index (χ3v) is 17.0. The fourth-order valence-electron chi connectivity index (χ4n) is 11.9. The molecule has 9 aromatic rings. The normalized spacial score (nSPS) is 13.0. The number of hydrogen-bond acceptors (Lipinski definition) is 6. The Balaban J connectivity index is 0.000000176. The van der Waals surface area contributed by atoms with E-state index in [2.05, 4.69) is 318 Å². The van der Waals surface area contributed by atoms with E-state index in [-0.39, 0.29) is 0 Å². The topological polar surface area (TPSA) is 37.4 Å². The molecular formula is C85H99N3O3. The predicted molar refractivity (Wildman–Crippen MR) is 387 cm³/mol. The molecule has 0 spiro atoms. The van der Waals surface area contributed by atoms with Crippen LogP contribution in [0, 0.1) is 0 Å². The van der Waals surface area contributed by atoms with E-state index < -0.39 is 0 Å². The van der Waals surface area contributed by atoms with Crippen LogP contribution in [0.3, 0.4) is 0 Å². The molecule has 0 amide bonds. The third-order valence-electron chi connectivity index (χ3n) is 17.0. The standard InChI is InChI=1S/C29H33NO.C29H35NO.C27H31NO/c1-2-25(23-24-11-5-3-6-12-24)29(26-13-7-4-8-14-26)27-15-17-28(18-16-27)31-22-21-30-19-9-10-20-30;1-4-25(23-24-13-9-7-10-14-24)29(26-15-11-8-12-16-26)27-17-19-28(20-18-27)31-22-21-30(5-2)6-3;1-4-23(21-22-11-7-5-8-12-22)27(24-13-9-6-10-14-24)25-15-17-26(18-16-25)29-20-19-28(2)3/h3-8,11-18H,2,9-10,19-23H2,1H3;7-20H,4-6,21-23H2,1-3H3;5-18H,4,19-21H2,1-3H3. The Morgan fingerprint density at radius 3 is 0.890 bits per heavy atom. The Labute approximate surface area is 547 Å². The molecule has 0 radical (unpaired) electrons. The van der Waals surface area contributed by atoms with Crippen molar-refractivity contribution >= 4 is 16.7 Å². The van der Waals surface area contributed by atoms with Gasteiger partial charge in [-0.15, -0.1) is 0 Å². The summed E-state index contributed by atoms with van der Waals surface area (Å²) in [5.74, 6) is 2.81. The van der Waals surface area contributed by atoms with Gasteiger partial charge in [0.05, 0.1) is 0 Å². The summed E-state index contributed by atoms with van der Waals surface area (Å²) in [5.41, 5.74) is 20.0. The van der Waals surface area contributed by atoms with E-state index in [1.165, 1.54) is 109 Å². The Kier molecular flexibility index (Phi) is 28.7. The van der Waals surface area contributed by atoms with E-state index in [0.29, 0.717) is 6.61 Å². The highest BCUT2D eigenvalue weighted by Gasteiger charge is 2.17. The van der Waals surface area contributed by atoms with Crippen molar-refractivity contribution in [1.82, 2.24) is 14.7 Å². The largest absolute Gasteiger partial charge is 0.492 e. The Hall–Kier alpha value is -8.52. The van der Waals surface area contributed by atoms with Gasteiger partial charge in [-0.3, -0.25) is 4.90 Å². The second-order valence-electron chi connectivity index (χ2n) is 23.6. The van der Waals surface area contributed by atoms with Gasteiger partial charge in [-0.2, -0.15) is 0 Å². The smallest absolute Gasteiger partial charge is 0.119 e. The second-order valence-corrected chi connectivity index (χ2v) is 23.6. The van der Waals surface area contributed by atoms with Crippen LogP contribution in [0.25, 0.3) is 16.7 Å². The van der Waals surface area contributed by atoms with Gasteiger partial charge in [0.15, 0.2) is 0 Å². The monoisotopic (exact) mass is 1210 g/mol. The molecule has 0 atom stereocenters. The summed E-state index contributed by atoms with van der Waals surface area (Å²) >= 11 is 0. The van der Waals surface area contributed by atoms with Crippen molar-refractivity contribution in [3.05, 3.63) is 322 Å². The van der Waals surface area contributed by atoms with Crippen LogP contribution in [-0.2, 0) is 19.3 Å². The zero-order valence-electron chi connectivity index (χ0n) is 55.5. The number of benzene rings is 9. The summed E-state index contributed by atoms with van der Waals surface area (Å²) in [4.78, 5) is 6.99. The lowest BCUT2D eigenvalue weighted by Crippen LogP contribution is -2.27. The molecule has 1 saturated heterocycles. The van der Waals surface area contributed by atoms with Crippen molar-refractivity contribution in [3.8, 4) is 17.2 Å². The minimum atomic E-state index is 0.696. The van der Waals surface area contributed by atoms with Gasteiger partial charge < -0.3 is 24.0 Å². The zero-order valence-corrected chi connectivity index (χ0v) is 55.5. The Morgan fingerprint density at radius 1 is 0.330 bits per heavy atom. The van der Waals surface area contributed by atoms with Crippen molar-refractivity contribution in [1.29, 1.82) is 0 Å². The van der Waals surface area contributed by atoms with Crippen molar-refractivity contribution in [3.63, 3.8) is 0 Å². The number of hydrogen-bond donors (Lipinski definition) is 0. The maximum atomic E-state index is 6.03. The lowest BCUT2D eigenvalue weighted by atomic mass is 9.88. The molecule has 1 aliphatic rings. The Morgan fingerprint density at radius 2 is 0.604 bits per heavy atom. The molecule has 10 rings (SSSR count). The maximum Gasteiger partial charge on any atom is 0.119 e. The highest BCUT2D eigenvalue weighted by atomic mass is 16.5. The third kappa shape index (κ3) is 22.1. The molecule has 1 aliphatic heterocycles. The van der Waals surface area contributed by atoms with Gasteiger partial charge in [-0.05, 0) is 195 Å². The fourth-order valence-corrected chi connectivity index (χ4v) is 11.9. The molecular weight excluding hydrogens is 1110 g/mol. The minimum Gasteiger partial charge on any atom is -0.492 e. The van der Waals surface area contributed by atoms with Crippen molar-refractivity contribution in [2.24, 2.45) is 0 Å². The molecule has 9 aromatic carbocycles. The van der Waals surface area contributed by atoms with Crippen LogP contribution in [0.5, 0.6) is 17.2 Å². The molecule has 0 aliphatic carbocycles. The van der Waals surface area contributed by atoms with Gasteiger partial charge in [-0.25, -0.2) is 0 Å². The van der Waals surface area contributed by atoms with E-state index in [0.717, 1.165) is 102 Å². The molecule has 0 bridgehead atoms. The van der Waals surface area contributed by atoms with Crippen LogP contribution < -0.4 is 14.2 Å². The first-order valence-electron chi connectivity index (χ1n) is 33.5. The van der Waals surface area contributed by atoms with Gasteiger partial charge >= 0.3 is 0 Å². The average molecular weight is 1210 g/mol. The first kappa shape index (κ1) is 68.4. The van der Waals surface area contributed by atoms with E-state index >= 15 is 0 Å². The summed E-state index contributed by atoms with van der Waals surface area (Å²) in [6.45, 7) is 20.8. The summed E-state index contributed by atoms with van der Waals surface area (Å²) in [7, 11) is 4.12. The fraction of sp³-hybridized carbons (Fsp3) is 0.294. The molecule has 6 heteroatoms. The first-order chi connectivity index (χ1) is 44.7. The molecule has 0 unspecified atom stereocenters. The number of nitrogens with zero attached hydrogens (tertiary/aromatic N) is 3. The maximum absolute atomic E-state index is 6.03. The average Bonchev–Trinajstić information content (AvgIpc) is 1.79.